The second kappa shape index (κ2) is 7.81. The second-order valence-corrected chi connectivity index (χ2v) is 3.94. The van der Waals surface area contributed by atoms with Gasteiger partial charge in [0.2, 0.25) is 5.91 Å². The Balaban J connectivity index is 2.24. The minimum Gasteiger partial charge on any atom is -0.387 e. The fourth-order valence-corrected chi connectivity index (χ4v) is 1.52. The molecule has 1 rings (SSSR count). The van der Waals surface area contributed by atoms with Gasteiger partial charge in [-0.3, -0.25) is 4.79 Å². The van der Waals surface area contributed by atoms with Crippen LogP contribution in [0, 0.1) is 0 Å². The first-order chi connectivity index (χ1) is 8.24. The lowest BCUT2D eigenvalue weighted by atomic mass is 10.1. The van der Waals surface area contributed by atoms with Crippen molar-refractivity contribution in [3.8, 4) is 0 Å². The number of amides is 1. The molecule has 0 saturated heterocycles. The number of aliphatic hydroxyl groups is 1. The Morgan fingerprint density at radius 3 is 2.71 bits per heavy atom. The average Bonchev–Trinajstić information content (AvgIpc) is 2.37. The van der Waals surface area contributed by atoms with Crippen molar-refractivity contribution in [2.24, 2.45) is 0 Å². The van der Waals surface area contributed by atoms with Crippen LogP contribution in [-0.2, 0) is 4.79 Å². The molecule has 17 heavy (non-hydrogen) atoms. The van der Waals surface area contributed by atoms with Crippen LogP contribution in [0.4, 0.5) is 0 Å². The monoisotopic (exact) mass is 236 g/mol. The average molecular weight is 236 g/mol. The summed E-state index contributed by atoms with van der Waals surface area (Å²) < 4.78 is 0. The highest BCUT2D eigenvalue weighted by molar-refractivity contribution is 5.75. The Morgan fingerprint density at radius 1 is 1.35 bits per heavy atom. The molecule has 4 heteroatoms. The predicted octanol–water partition coefficient (Wildman–Crippen LogP) is 0.836. The lowest BCUT2D eigenvalue weighted by molar-refractivity contribution is -0.121. The molecule has 0 aromatic heterocycles. The summed E-state index contributed by atoms with van der Waals surface area (Å²) in [6.45, 7) is 1.09. The summed E-state index contributed by atoms with van der Waals surface area (Å²) in [7, 11) is 1.86. The number of nitrogens with one attached hydrogen (secondary N) is 2. The first-order valence-corrected chi connectivity index (χ1v) is 5.88. The van der Waals surface area contributed by atoms with Gasteiger partial charge in [0.05, 0.1) is 6.10 Å². The lowest BCUT2D eigenvalue weighted by Crippen LogP contribution is -2.28. The summed E-state index contributed by atoms with van der Waals surface area (Å²) in [6.07, 6.45) is 0.663. The molecule has 0 radical (unpaired) electrons. The van der Waals surface area contributed by atoms with Crippen LogP contribution in [0.1, 0.15) is 24.5 Å². The second-order valence-electron chi connectivity index (χ2n) is 3.94. The number of hydrogen-bond acceptors (Lipinski definition) is 3. The molecule has 0 aliphatic rings. The summed E-state index contributed by atoms with van der Waals surface area (Å²) >= 11 is 0. The molecule has 0 aliphatic heterocycles. The maximum absolute atomic E-state index is 11.4. The van der Waals surface area contributed by atoms with Crippen molar-refractivity contribution >= 4 is 5.91 Å². The van der Waals surface area contributed by atoms with E-state index >= 15 is 0 Å². The Labute approximate surface area is 102 Å². The van der Waals surface area contributed by atoms with E-state index in [4.69, 9.17) is 0 Å². The SMILES string of the molecule is CNCCCC(=O)NCC(O)c1ccccc1. The largest absolute Gasteiger partial charge is 0.387 e. The fraction of sp³-hybridized carbons (Fsp3) is 0.462. The van der Waals surface area contributed by atoms with E-state index in [1.807, 2.05) is 37.4 Å². The van der Waals surface area contributed by atoms with Crippen molar-refractivity contribution in [3.05, 3.63) is 35.9 Å². The highest BCUT2D eigenvalue weighted by Crippen LogP contribution is 2.10. The number of carbonyl (C=O) groups is 1. The van der Waals surface area contributed by atoms with E-state index in [-0.39, 0.29) is 12.5 Å². The van der Waals surface area contributed by atoms with E-state index in [1.165, 1.54) is 0 Å². The summed E-state index contributed by atoms with van der Waals surface area (Å²) in [5, 5.41) is 15.5. The minimum absolute atomic E-state index is 0.0183. The number of hydrogen-bond donors (Lipinski definition) is 3. The quantitative estimate of drug-likeness (QED) is 0.615. The molecule has 0 bridgehead atoms. The van der Waals surface area contributed by atoms with Gasteiger partial charge in [-0.25, -0.2) is 0 Å². The van der Waals surface area contributed by atoms with Crippen molar-refractivity contribution in [3.63, 3.8) is 0 Å². The van der Waals surface area contributed by atoms with Crippen molar-refractivity contribution in [2.75, 3.05) is 20.1 Å². The number of carbonyl (C=O) groups excluding carboxylic acids is 1. The molecule has 0 fully saturated rings. The van der Waals surface area contributed by atoms with E-state index in [1.54, 1.807) is 0 Å². The zero-order valence-electron chi connectivity index (χ0n) is 10.1. The summed E-state index contributed by atoms with van der Waals surface area (Å²) in [4.78, 5) is 11.4. The fourth-order valence-electron chi connectivity index (χ4n) is 1.52. The van der Waals surface area contributed by atoms with Crippen LogP contribution in [0.5, 0.6) is 0 Å². The van der Waals surface area contributed by atoms with Crippen LogP contribution in [0.25, 0.3) is 0 Å². The molecule has 1 aromatic carbocycles. The first kappa shape index (κ1) is 13.7. The molecule has 1 aromatic rings. The molecular weight excluding hydrogens is 216 g/mol. The molecule has 0 saturated carbocycles. The van der Waals surface area contributed by atoms with Gasteiger partial charge >= 0.3 is 0 Å². The Bertz CT molecular complexity index is 327. The van der Waals surface area contributed by atoms with Crippen molar-refractivity contribution in [1.29, 1.82) is 0 Å². The molecule has 3 N–H and O–H groups in total. The number of rotatable bonds is 7. The highest BCUT2D eigenvalue weighted by atomic mass is 16.3. The number of aliphatic hydroxyl groups excluding tert-OH is 1. The van der Waals surface area contributed by atoms with E-state index in [9.17, 15) is 9.90 Å². The van der Waals surface area contributed by atoms with Gasteiger partial charge in [-0.1, -0.05) is 30.3 Å². The highest BCUT2D eigenvalue weighted by Gasteiger charge is 2.08. The molecule has 1 amide bonds. The van der Waals surface area contributed by atoms with Crippen LogP contribution in [-0.4, -0.2) is 31.2 Å². The Morgan fingerprint density at radius 2 is 2.06 bits per heavy atom. The zero-order chi connectivity index (χ0) is 12.5. The van der Waals surface area contributed by atoms with Crippen LogP contribution in [0.15, 0.2) is 30.3 Å². The normalized spacial score (nSPS) is 12.1. The van der Waals surface area contributed by atoms with Gasteiger partial charge in [0.15, 0.2) is 0 Å². The molecule has 4 nitrogen and oxygen atoms in total. The maximum Gasteiger partial charge on any atom is 0.220 e. The van der Waals surface area contributed by atoms with Gasteiger partial charge in [0.25, 0.3) is 0 Å². The molecule has 0 aliphatic carbocycles. The molecule has 1 atom stereocenters. The van der Waals surface area contributed by atoms with Crippen molar-refractivity contribution in [1.82, 2.24) is 10.6 Å². The molecular formula is C13H20N2O2. The lowest BCUT2D eigenvalue weighted by Gasteiger charge is -2.12. The third kappa shape index (κ3) is 5.47. The zero-order valence-corrected chi connectivity index (χ0v) is 10.1. The summed E-state index contributed by atoms with van der Waals surface area (Å²) in [6, 6.07) is 9.32. The summed E-state index contributed by atoms with van der Waals surface area (Å²) in [5.41, 5.74) is 0.822. The first-order valence-electron chi connectivity index (χ1n) is 5.88. The molecule has 1 unspecified atom stereocenters. The van der Waals surface area contributed by atoms with Gasteiger partial charge in [-0.2, -0.15) is 0 Å². The number of benzene rings is 1. The van der Waals surface area contributed by atoms with E-state index in [0.29, 0.717) is 6.42 Å². The smallest absolute Gasteiger partial charge is 0.220 e. The van der Waals surface area contributed by atoms with E-state index in [2.05, 4.69) is 10.6 Å². The molecule has 0 spiro atoms. The molecule has 0 heterocycles. The van der Waals surface area contributed by atoms with Crippen LogP contribution >= 0.6 is 0 Å². The van der Waals surface area contributed by atoms with Gasteiger partial charge in [0, 0.05) is 13.0 Å². The Hall–Kier alpha value is -1.39. The maximum atomic E-state index is 11.4. The molecule has 94 valence electrons. The van der Waals surface area contributed by atoms with Crippen LogP contribution in [0.3, 0.4) is 0 Å². The van der Waals surface area contributed by atoms with Crippen LogP contribution < -0.4 is 10.6 Å². The summed E-state index contributed by atoms with van der Waals surface area (Å²) in [5.74, 6) is -0.0183. The van der Waals surface area contributed by atoms with E-state index in [0.717, 1.165) is 18.5 Å². The van der Waals surface area contributed by atoms with Gasteiger partial charge in [-0.05, 0) is 25.6 Å². The third-order valence-electron chi connectivity index (χ3n) is 2.51. The van der Waals surface area contributed by atoms with Gasteiger partial charge in [0.1, 0.15) is 0 Å². The minimum atomic E-state index is -0.635. The Kier molecular flexibility index (Phi) is 6.29. The van der Waals surface area contributed by atoms with Crippen molar-refractivity contribution < 1.29 is 9.90 Å². The standard InChI is InChI=1S/C13H20N2O2/c1-14-9-5-8-13(17)15-10-12(16)11-6-3-2-4-7-11/h2-4,6-7,12,14,16H,5,8-10H2,1H3,(H,15,17). The predicted molar refractivity (Wildman–Crippen MR) is 67.6 cm³/mol. The van der Waals surface area contributed by atoms with Crippen LogP contribution in [0.2, 0.25) is 0 Å². The third-order valence-corrected chi connectivity index (χ3v) is 2.51. The topological polar surface area (TPSA) is 61.4 Å². The van der Waals surface area contributed by atoms with Gasteiger partial charge in [-0.15, -0.1) is 0 Å². The van der Waals surface area contributed by atoms with Crippen molar-refractivity contribution in [2.45, 2.75) is 18.9 Å². The van der Waals surface area contributed by atoms with Gasteiger partial charge < -0.3 is 15.7 Å². The van der Waals surface area contributed by atoms with E-state index < -0.39 is 6.10 Å².